The third-order valence-electron chi connectivity index (χ3n) is 2.59. The van der Waals surface area contributed by atoms with E-state index < -0.39 is 0 Å². The van der Waals surface area contributed by atoms with E-state index in [2.05, 4.69) is 40.9 Å². The van der Waals surface area contributed by atoms with Gasteiger partial charge in [0.2, 0.25) is 10.1 Å². The van der Waals surface area contributed by atoms with Gasteiger partial charge in [0.05, 0.1) is 5.75 Å². The number of hydrogen-bond donors (Lipinski definition) is 1. The minimum atomic E-state index is -0.113. The highest BCUT2D eigenvalue weighted by Crippen LogP contribution is 2.18. The van der Waals surface area contributed by atoms with Crippen LogP contribution < -0.4 is 4.74 Å². The molecule has 0 aliphatic carbocycles. The average Bonchev–Trinajstić information content (AvgIpc) is 3.11. The first-order valence-corrected chi connectivity index (χ1v) is 7.49. The molecule has 13 heteroatoms. The second-order valence-corrected chi connectivity index (χ2v) is 5.86. The number of hydrogen-bond acceptors (Lipinski definition) is 10. The molecule has 106 valence electrons. The molecule has 4 aromatic heterocycles. The van der Waals surface area contributed by atoms with E-state index in [1.54, 1.807) is 11.4 Å². The quantitative estimate of drug-likeness (QED) is 0.486. The number of H-pyrrole nitrogens is 1. The third kappa shape index (κ3) is 2.06. The summed E-state index contributed by atoms with van der Waals surface area (Å²) in [5, 5.41) is 26.7. The van der Waals surface area contributed by atoms with Crippen LogP contribution in [0.4, 0.5) is 0 Å². The van der Waals surface area contributed by atoms with Gasteiger partial charge in [-0.2, -0.15) is 19.8 Å². The molecule has 0 saturated heterocycles. The van der Waals surface area contributed by atoms with Gasteiger partial charge >= 0.3 is 0 Å². The Bertz CT molecular complexity index is 967. The lowest BCUT2D eigenvalue weighted by atomic mass is 10.6. The predicted molar refractivity (Wildman–Crippen MR) is 72.2 cm³/mol. The van der Waals surface area contributed by atoms with Crippen molar-refractivity contribution in [3.63, 3.8) is 0 Å². The fourth-order valence-electron chi connectivity index (χ4n) is 1.61. The maximum atomic E-state index is 11.5. The van der Waals surface area contributed by atoms with Crippen LogP contribution in [0.15, 0.2) is 9.95 Å². The lowest BCUT2D eigenvalue weighted by Crippen LogP contribution is -2.08. The third-order valence-corrected chi connectivity index (χ3v) is 4.34. The average molecular weight is 322 g/mol. The van der Waals surface area contributed by atoms with Gasteiger partial charge in [-0.3, -0.25) is 4.79 Å². The Balaban J connectivity index is 1.63. The fraction of sp³-hybridized carbons (Fsp3) is 0.250. The van der Waals surface area contributed by atoms with E-state index in [0.29, 0.717) is 33.2 Å². The molecule has 0 fully saturated rings. The Morgan fingerprint density at radius 2 is 2.19 bits per heavy atom. The molecule has 4 heterocycles. The minimum absolute atomic E-state index is 0.113. The smallest absolute Gasteiger partial charge is 0.276 e. The first-order valence-electron chi connectivity index (χ1n) is 5.69. The largest absolute Gasteiger partial charge is 0.291 e. The number of rotatable bonds is 3. The molecule has 0 radical (unpaired) electrons. The Morgan fingerprint density at radius 1 is 1.29 bits per heavy atom. The number of aromatic nitrogens is 10. The number of tetrazole rings is 1. The van der Waals surface area contributed by atoms with Crippen LogP contribution in [-0.2, 0) is 5.75 Å². The lowest BCUT2D eigenvalue weighted by molar-refractivity contribution is 0.715. The van der Waals surface area contributed by atoms with E-state index >= 15 is 0 Å². The molecule has 0 unspecified atom stereocenters. The SMILES string of the molecule is Cc1nn2c(CSc3nc4nn[nH]n4n3)nnc2sc1=O. The summed E-state index contributed by atoms with van der Waals surface area (Å²) in [7, 11) is 0. The lowest BCUT2D eigenvalue weighted by Gasteiger charge is -1.96. The Hall–Kier alpha value is -2.41. The molecule has 4 aromatic rings. The van der Waals surface area contributed by atoms with E-state index in [4.69, 9.17) is 0 Å². The zero-order valence-corrected chi connectivity index (χ0v) is 12.1. The standard InChI is InChI=1S/C8H6N10OS2/c1-3-5(19)21-8-12-10-4(17(8)13-3)2-20-7-9-6-11-15-16-18(6)14-7/h2H2,1H3,(H,9,11,14,16). The van der Waals surface area contributed by atoms with Crippen molar-refractivity contribution >= 4 is 33.8 Å². The topological polar surface area (TPSA) is 132 Å². The maximum absolute atomic E-state index is 11.5. The molecule has 0 saturated carbocycles. The van der Waals surface area contributed by atoms with Crippen molar-refractivity contribution in [3.05, 3.63) is 21.1 Å². The number of fused-ring (bicyclic) bond motifs is 2. The van der Waals surface area contributed by atoms with Crippen LogP contribution in [0.3, 0.4) is 0 Å². The summed E-state index contributed by atoms with van der Waals surface area (Å²) in [5.41, 5.74) is 0.419. The van der Waals surface area contributed by atoms with E-state index in [0.717, 1.165) is 11.3 Å². The van der Waals surface area contributed by atoms with Crippen LogP contribution in [0.1, 0.15) is 11.5 Å². The zero-order chi connectivity index (χ0) is 14.4. The van der Waals surface area contributed by atoms with Crippen molar-refractivity contribution in [2.75, 3.05) is 0 Å². The van der Waals surface area contributed by atoms with Crippen LogP contribution in [0, 0.1) is 6.92 Å². The number of thioether (sulfide) groups is 1. The second-order valence-electron chi connectivity index (χ2n) is 3.98. The molecule has 1 N–H and O–H groups in total. The first kappa shape index (κ1) is 12.3. The number of aromatic amines is 1. The van der Waals surface area contributed by atoms with Crippen LogP contribution in [0.25, 0.3) is 10.7 Å². The van der Waals surface area contributed by atoms with Gasteiger partial charge in [-0.15, -0.1) is 19.9 Å². The van der Waals surface area contributed by atoms with Gasteiger partial charge in [0.15, 0.2) is 5.82 Å². The summed E-state index contributed by atoms with van der Waals surface area (Å²) in [6, 6.07) is 0. The Kier molecular flexibility index (Phi) is 2.68. The van der Waals surface area contributed by atoms with Crippen LogP contribution in [0.5, 0.6) is 0 Å². The van der Waals surface area contributed by atoms with Crippen LogP contribution >= 0.6 is 23.1 Å². The van der Waals surface area contributed by atoms with Crippen LogP contribution in [-0.4, -0.2) is 50.0 Å². The molecule has 0 atom stereocenters. The Morgan fingerprint density at radius 3 is 3.05 bits per heavy atom. The van der Waals surface area contributed by atoms with Gasteiger partial charge in [0, 0.05) is 0 Å². The van der Waals surface area contributed by atoms with Crippen LogP contribution in [0.2, 0.25) is 0 Å². The molecule has 0 aliphatic rings. The van der Waals surface area contributed by atoms with Crippen molar-refractivity contribution in [1.82, 2.24) is 50.0 Å². The predicted octanol–water partition coefficient (Wildman–Crippen LogP) is -0.692. The van der Waals surface area contributed by atoms with Crippen molar-refractivity contribution < 1.29 is 0 Å². The molecular formula is C8H6N10OS2. The molecule has 0 spiro atoms. The highest BCUT2D eigenvalue weighted by Gasteiger charge is 2.12. The summed E-state index contributed by atoms with van der Waals surface area (Å²) in [6.07, 6.45) is 0. The molecule has 11 nitrogen and oxygen atoms in total. The molecule has 0 bridgehead atoms. The highest BCUT2D eigenvalue weighted by molar-refractivity contribution is 7.98. The van der Waals surface area contributed by atoms with Crippen molar-refractivity contribution in [3.8, 4) is 0 Å². The summed E-state index contributed by atoms with van der Waals surface area (Å²) < 4.78 is 2.83. The van der Waals surface area contributed by atoms with Gasteiger partial charge in [-0.25, -0.2) is 0 Å². The molecule has 0 aliphatic heterocycles. The summed E-state index contributed by atoms with van der Waals surface area (Å²) in [5.74, 6) is 1.49. The normalized spacial score (nSPS) is 11.7. The van der Waals surface area contributed by atoms with Gasteiger partial charge in [-0.1, -0.05) is 28.2 Å². The minimum Gasteiger partial charge on any atom is -0.276 e. The van der Waals surface area contributed by atoms with Crippen molar-refractivity contribution in [2.45, 2.75) is 17.8 Å². The fourth-order valence-corrected chi connectivity index (χ4v) is 3.01. The van der Waals surface area contributed by atoms with Crippen molar-refractivity contribution in [2.24, 2.45) is 0 Å². The molecule has 0 aromatic carbocycles. The number of nitrogens with one attached hydrogen (secondary N) is 1. The summed E-state index contributed by atoms with van der Waals surface area (Å²) in [6.45, 7) is 1.66. The van der Waals surface area contributed by atoms with E-state index in [9.17, 15) is 4.79 Å². The summed E-state index contributed by atoms with van der Waals surface area (Å²) >= 11 is 2.39. The van der Waals surface area contributed by atoms with Crippen molar-refractivity contribution in [1.29, 1.82) is 0 Å². The monoisotopic (exact) mass is 322 g/mol. The molecule has 0 amide bonds. The van der Waals surface area contributed by atoms with E-state index in [1.807, 2.05) is 0 Å². The molecule has 21 heavy (non-hydrogen) atoms. The molecular weight excluding hydrogens is 316 g/mol. The Labute approximate surface area is 123 Å². The summed E-state index contributed by atoms with van der Waals surface area (Å²) in [4.78, 5) is 16.2. The van der Waals surface area contributed by atoms with Gasteiger partial charge in [0.1, 0.15) is 5.69 Å². The number of nitrogens with zero attached hydrogens (tertiary/aromatic N) is 9. The highest BCUT2D eigenvalue weighted by atomic mass is 32.2. The zero-order valence-electron chi connectivity index (χ0n) is 10.5. The van der Waals surface area contributed by atoms with Gasteiger partial charge < -0.3 is 0 Å². The molecule has 4 rings (SSSR count). The first-order chi connectivity index (χ1) is 10.2. The number of aryl methyl sites for hydroxylation is 1. The van der Waals surface area contributed by atoms with E-state index in [-0.39, 0.29) is 4.74 Å². The van der Waals surface area contributed by atoms with Gasteiger partial charge in [-0.05, 0) is 12.1 Å². The van der Waals surface area contributed by atoms with Gasteiger partial charge in [0.25, 0.3) is 10.5 Å². The maximum Gasteiger partial charge on any atom is 0.291 e. The van der Waals surface area contributed by atoms with E-state index in [1.165, 1.54) is 16.4 Å². The second kappa shape index (κ2) is 4.56.